The second-order valence-corrected chi connectivity index (χ2v) is 7.45. The molecule has 4 rings (SSSR count). The monoisotopic (exact) mass is 560 g/mol. The van der Waals surface area contributed by atoms with E-state index in [-0.39, 0.29) is 39.7 Å². The summed E-state index contributed by atoms with van der Waals surface area (Å²) in [6.07, 6.45) is 3.36. The van der Waals surface area contributed by atoms with Crippen LogP contribution in [0, 0.1) is 40.7 Å². The van der Waals surface area contributed by atoms with Gasteiger partial charge in [0.05, 0.1) is 0 Å². The maximum absolute atomic E-state index is 3.36. The van der Waals surface area contributed by atoms with Crippen LogP contribution >= 0.6 is 24.8 Å². The van der Waals surface area contributed by atoms with E-state index < -0.39 is 0 Å². The molecule has 1 unspecified atom stereocenters. The quantitative estimate of drug-likeness (QED) is 0.205. The molecule has 0 N–H and O–H groups in total. The van der Waals surface area contributed by atoms with Crippen molar-refractivity contribution < 1.29 is 23.3 Å². The van der Waals surface area contributed by atoms with E-state index in [0.29, 0.717) is 5.92 Å². The molecule has 4 heteroatoms. The molecule has 0 heterocycles. The van der Waals surface area contributed by atoms with Gasteiger partial charge in [-0.1, -0.05) is 67.6 Å². The van der Waals surface area contributed by atoms with Crippen molar-refractivity contribution in [3.8, 4) is 11.1 Å². The molecule has 0 spiro atoms. The van der Waals surface area contributed by atoms with Crippen LogP contribution in [0.1, 0.15) is 38.8 Å². The summed E-state index contributed by atoms with van der Waals surface area (Å²) in [4.78, 5) is 0. The van der Waals surface area contributed by atoms with Gasteiger partial charge in [0, 0.05) is 0 Å². The SMILES string of the molecule is CC1=[C-]C(C)C(C)=C1C.Cc1ccc(-c2c[cH-]c3ccccc23)c(C)c1.Cl.Cl.[CH3-].[CH3-].[Si]=[Zr]. The fraction of sp³-hybridized carbons (Fsp3) is 0.250. The zero-order valence-corrected chi connectivity index (χ0v) is 25.7. The number of fused-ring (bicyclic) bond motifs is 1. The van der Waals surface area contributed by atoms with Gasteiger partial charge in [0.2, 0.25) is 0 Å². The van der Waals surface area contributed by atoms with Crippen LogP contribution in [0.5, 0.6) is 0 Å². The Kier molecular flexibility index (Phi) is 18.8. The van der Waals surface area contributed by atoms with Crippen molar-refractivity contribution in [1.82, 2.24) is 0 Å². The number of benzene rings is 2. The van der Waals surface area contributed by atoms with Crippen molar-refractivity contribution in [3.05, 3.63) is 103 Å². The Morgan fingerprint density at radius 1 is 0.875 bits per heavy atom. The molecule has 174 valence electrons. The Bertz CT molecular complexity index is 1030. The number of hydrogen-bond donors (Lipinski definition) is 0. The third kappa shape index (κ3) is 8.53. The summed E-state index contributed by atoms with van der Waals surface area (Å²) in [5.74, 6) is 0.560. The predicted molar refractivity (Wildman–Crippen MR) is 147 cm³/mol. The summed E-state index contributed by atoms with van der Waals surface area (Å²) in [7, 11) is 0. The third-order valence-corrected chi connectivity index (χ3v) is 5.59. The van der Waals surface area contributed by atoms with E-state index >= 15 is 0 Å². The first-order valence-corrected chi connectivity index (χ1v) is 13.8. The fourth-order valence-electron chi connectivity index (χ4n) is 3.66. The molecule has 1 atom stereocenters. The molecule has 0 saturated heterocycles. The number of aryl methyl sites for hydroxylation is 2. The van der Waals surface area contributed by atoms with E-state index in [2.05, 4.69) is 109 Å². The van der Waals surface area contributed by atoms with Gasteiger partial charge in [0.1, 0.15) is 0 Å². The van der Waals surface area contributed by atoms with Gasteiger partial charge in [-0.15, -0.1) is 78.4 Å². The molecule has 32 heavy (non-hydrogen) atoms. The van der Waals surface area contributed by atoms with Crippen LogP contribution in [-0.2, 0) is 23.3 Å². The van der Waals surface area contributed by atoms with Crippen molar-refractivity contribution in [3.63, 3.8) is 0 Å². The number of allylic oxidation sites excluding steroid dienone is 4. The summed E-state index contributed by atoms with van der Waals surface area (Å²) in [5.41, 5.74) is 9.60. The number of hydrogen-bond acceptors (Lipinski definition) is 0. The van der Waals surface area contributed by atoms with Gasteiger partial charge in [-0.25, -0.2) is 5.57 Å². The second kappa shape index (κ2) is 16.8. The number of halogens is 2. The van der Waals surface area contributed by atoms with E-state index in [0.717, 1.165) is 0 Å². The minimum absolute atomic E-state index is 0. The Hall–Kier alpha value is -0.790. The average Bonchev–Trinajstić information content (AvgIpc) is 3.21. The second-order valence-electron chi connectivity index (χ2n) is 7.45. The zero-order valence-electron chi connectivity index (χ0n) is 20.6. The summed E-state index contributed by atoms with van der Waals surface area (Å²) in [6.45, 7) is 16.1. The van der Waals surface area contributed by atoms with E-state index in [1.807, 2.05) is 0 Å². The van der Waals surface area contributed by atoms with E-state index in [4.69, 9.17) is 0 Å². The molecule has 3 aromatic carbocycles. The van der Waals surface area contributed by atoms with Crippen LogP contribution in [0.4, 0.5) is 0 Å². The van der Waals surface area contributed by atoms with Gasteiger partial charge in [-0.05, 0) is 13.8 Å². The summed E-state index contributed by atoms with van der Waals surface area (Å²) in [5, 5.41) is 2.67. The average molecular weight is 563 g/mol. The molecular formula is C28H36Cl2SiZr-4. The fourth-order valence-corrected chi connectivity index (χ4v) is 3.66. The summed E-state index contributed by atoms with van der Waals surface area (Å²) in [6, 6.07) is 19.6. The van der Waals surface area contributed by atoms with Gasteiger partial charge in [-0.3, -0.25) is 6.08 Å². The maximum atomic E-state index is 3.36. The molecule has 0 bridgehead atoms. The van der Waals surface area contributed by atoms with Gasteiger partial charge in [0.25, 0.3) is 0 Å². The molecule has 0 saturated carbocycles. The Morgan fingerprint density at radius 3 is 1.94 bits per heavy atom. The molecule has 0 nitrogen and oxygen atoms in total. The Morgan fingerprint density at radius 2 is 1.47 bits per heavy atom. The molecule has 3 aromatic rings. The van der Waals surface area contributed by atoms with Crippen LogP contribution < -0.4 is 0 Å². The van der Waals surface area contributed by atoms with Crippen LogP contribution in [0.25, 0.3) is 21.9 Å². The van der Waals surface area contributed by atoms with Crippen molar-refractivity contribution in [2.24, 2.45) is 5.92 Å². The van der Waals surface area contributed by atoms with E-state index in [1.165, 1.54) is 73.1 Å². The summed E-state index contributed by atoms with van der Waals surface area (Å²) < 4.78 is 0. The van der Waals surface area contributed by atoms with Crippen LogP contribution in [-0.4, -0.2) is 6.88 Å². The van der Waals surface area contributed by atoms with Crippen LogP contribution in [0.2, 0.25) is 0 Å². The zero-order chi connectivity index (χ0) is 20.8. The normalized spacial score (nSPS) is 13.5. The van der Waals surface area contributed by atoms with Crippen molar-refractivity contribution in [2.75, 3.05) is 0 Å². The first-order chi connectivity index (χ1) is 13.4. The predicted octanol–water partition coefficient (Wildman–Crippen LogP) is 8.93. The van der Waals surface area contributed by atoms with Crippen molar-refractivity contribution >= 4 is 42.5 Å². The Balaban J connectivity index is -0.000000490. The van der Waals surface area contributed by atoms with Crippen molar-refractivity contribution in [1.29, 1.82) is 0 Å². The molecule has 0 amide bonds. The standard InChI is InChI=1S/C17H15.C9H13.2CH3.2ClH.Si.Zr/c1-12-7-9-15(13(2)11-12)17-10-8-14-5-3-4-6-16(14)17;1-6-5-7(2)9(4)8(6)3;;;;;;/h3-11H,1-2H3;6H,1-4H3;2*1H3;2*1H;;/q4*-1;;;;. The Labute approximate surface area is 226 Å². The molecule has 0 fully saturated rings. The minimum atomic E-state index is 0. The third-order valence-electron chi connectivity index (χ3n) is 5.59. The molecule has 1 aliphatic rings. The first-order valence-electron chi connectivity index (χ1n) is 9.63. The topological polar surface area (TPSA) is 0 Å². The molecule has 1 aliphatic carbocycles. The molecule has 0 aromatic heterocycles. The number of rotatable bonds is 1. The van der Waals surface area contributed by atoms with Gasteiger partial charge < -0.3 is 14.9 Å². The van der Waals surface area contributed by atoms with Crippen LogP contribution in [0.3, 0.4) is 0 Å². The van der Waals surface area contributed by atoms with Crippen molar-refractivity contribution in [2.45, 2.75) is 41.5 Å². The molecule has 2 radical (unpaired) electrons. The van der Waals surface area contributed by atoms with Gasteiger partial charge in [0.15, 0.2) is 0 Å². The summed E-state index contributed by atoms with van der Waals surface area (Å²) >= 11 is 1.36. The first kappa shape index (κ1) is 35.8. The van der Waals surface area contributed by atoms with E-state index in [9.17, 15) is 0 Å². The van der Waals surface area contributed by atoms with Gasteiger partial charge >= 0.3 is 30.2 Å². The molecule has 0 aliphatic heterocycles. The van der Waals surface area contributed by atoms with Gasteiger partial charge in [-0.2, -0.15) is 11.1 Å². The van der Waals surface area contributed by atoms with E-state index in [1.54, 1.807) is 0 Å². The molecular weight excluding hydrogens is 527 g/mol. The van der Waals surface area contributed by atoms with Crippen LogP contribution in [0.15, 0.2) is 71.3 Å².